The number of alkyl carbamates (subject to hydrolysis) is 1. The van der Waals surface area contributed by atoms with E-state index in [1.54, 1.807) is 0 Å². The maximum absolute atomic E-state index is 11.9. The van der Waals surface area contributed by atoms with Crippen LogP contribution in [-0.2, 0) is 4.74 Å². The number of benzene rings is 1. The van der Waals surface area contributed by atoms with Crippen LogP contribution in [0, 0.1) is 0 Å². The van der Waals surface area contributed by atoms with Gasteiger partial charge in [-0.1, -0.05) is 18.2 Å². The second kappa shape index (κ2) is 6.79. The molecule has 5 nitrogen and oxygen atoms in total. The van der Waals surface area contributed by atoms with Crippen LogP contribution in [0.4, 0.5) is 4.79 Å². The van der Waals surface area contributed by atoms with E-state index in [9.17, 15) is 4.79 Å². The summed E-state index contributed by atoms with van der Waals surface area (Å²) in [5.74, 6) is 0.939. The minimum absolute atomic E-state index is 0.236. The van der Waals surface area contributed by atoms with Gasteiger partial charge in [-0.3, -0.25) is 0 Å². The minimum atomic E-state index is -0.493. The van der Waals surface area contributed by atoms with Gasteiger partial charge >= 0.3 is 6.09 Å². The van der Waals surface area contributed by atoms with Crippen molar-refractivity contribution in [3.05, 3.63) is 29.8 Å². The lowest BCUT2D eigenvalue weighted by Gasteiger charge is -2.32. The number of hydrogen-bond acceptors (Lipinski definition) is 4. The molecule has 0 aliphatic carbocycles. The van der Waals surface area contributed by atoms with Gasteiger partial charge in [0.1, 0.15) is 11.4 Å². The highest BCUT2D eigenvalue weighted by Gasteiger charge is 2.27. The predicted octanol–water partition coefficient (Wildman–Crippen LogP) is 3.40. The summed E-state index contributed by atoms with van der Waals surface area (Å²) in [5, 5.41) is 6.46. The predicted molar refractivity (Wildman–Crippen MR) is 90.7 cm³/mol. The average molecular weight is 320 g/mol. The SMILES string of the molecule is CC(C)(CNC1CCOc2ccccc21)NC(=O)OC(C)(C)C. The third-order valence-corrected chi connectivity index (χ3v) is 3.59. The van der Waals surface area contributed by atoms with Crippen molar-refractivity contribution in [2.45, 2.75) is 58.2 Å². The largest absolute Gasteiger partial charge is 0.493 e. The minimum Gasteiger partial charge on any atom is -0.493 e. The first kappa shape index (κ1) is 17.6. The van der Waals surface area contributed by atoms with E-state index < -0.39 is 17.2 Å². The number of amides is 1. The Balaban J connectivity index is 1.91. The topological polar surface area (TPSA) is 59.6 Å². The Kier molecular flexibility index (Phi) is 5.19. The third-order valence-electron chi connectivity index (χ3n) is 3.59. The zero-order valence-electron chi connectivity index (χ0n) is 14.7. The molecule has 128 valence electrons. The summed E-state index contributed by atoms with van der Waals surface area (Å²) in [6.07, 6.45) is 0.524. The monoisotopic (exact) mass is 320 g/mol. The Hall–Kier alpha value is -1.75. The van der Waals surface area contributed by atoms with E-state index in [4.69, 9.17) is 9.47 Å². The van der Waals surface area contributed by atoms with Gasteiger partial charge in [0.15, 0.2) is 0 Å². The lowest BCUT2D eigenvalue weighted by atomic mass is 9.98. The van der Waals surface area contributed by atoms with Crippen LogP contribution in [0.2, 0.25) is 0 Å². The van der Waals surface area contributed by atoms with Crippen molar-refractivity contribution in [2.75, 3.05) is 13.2 Å². The van der Waals surface area contributed by atoms with Crippen LogP contribution in [0.25, 0.3) is 0 Å². The Morgan fingerprint density at radius 1 is 1.26 bits per heavy atom. The maximum Gasteiger partial charge on any atom is 0.408 e. The van der Waals surface area contributed by atoms with Crippen LogP contribution < -0.4 is 15.4 Å². The van der Waals surface area contributed by atoms with Crippen molar-refractivity contribution >= 4 is 6.09 Å². The summed E-state index contributed by atoms with van der Waals surface area (Å²) < 4.78 is 11.0. The van der Waals surface area contributed by atoms with Crippen LogP contribution in [0.5, 0.6) is 5.75 Å². The molecule has 1 atom stereocenters. The van der Waals surface area contributed by atoms with Gasteiger partial charge in [-0.2, -0.15) is 0 Å². The van der Waals surface area contributed by atoms with Crippen LogP contribution in [-0.4, -0.2) is 30.4 Å². The smallest absolute Gasteiger partial charge is 0.408 e. The highest BCUT2D eigenvalue weighted by molar-refractivity contribution is 5.68. The molecule has 0 fully saturated rings. The summed E-state index contributed by atoms with van der Waals surface area (Å²) in [4.78, 5) is 11.9. The number of ether oxygens (including phenoxy) is 2. The van der Waals surface area contributed by atoms with Crippen LogP contribution in [0.15, 0.2) is 24.3 Å². The van der Waals surface area contributed by atoms with Gasteiger partial charge < -0.3 is 20.1 Å². The maximum atomic E-state index is 11.9. The fourth-order valence-corrected chi connectivity index (χ4v) is 2.56. The Labute approximate surface area is 138 Å². The van der Waals surface area contributed by atoms with E-state index >= 15 is 0 Å². The summed E-state index contributed by atoms with van der Waals surface area (Å²) in [6.45, 7) is 10.9. The summed E-state index contributed by atoms with van der Waals surface area (Å²) in [6, 6.07) is 8.31. The number of carbonyl (C=O) groups is 1. The highest BCUT2D eigenvalue weighted by atomic mass is 16.6. The van der Waals surface area contributed by atoms with Gasteiger partial charge in [0.2, 0.25) is 0 Å². The summed E-state index contributed by atoms with van der Waals surface area (Å²) in [7, 11) is 0. The summed E-state index contributed by atoms with van der Waals surface area (Å²) >= 11 is 0. The number of para-hydroxylation sites is 1. The summed E-state index contributed by atoms with van der Waals surface area (Å²) in [5.41, 5.74) is 0.273. The molecule has 0 saturated carbocycles. The first-order chi connectivity index (χ1) is 10.7. The molecule has 0 aromatic heterocycles. The number of rotatable bonds is 4. The number of hydrogen-bond donors (Lipinski definition) is 2. The van der Waals surface area contributed by atoms with Crippen molar-refractivity contribution in [3.63, 3.8) is 0 Å². The van der Waals surface area contributed by atoms with Gasteiger partial charge in [-0.05, 0) is 40.7 Å². The molecule has 1 aromatic carbocycles. The molecule has 0 spiro atoms. The molecule has 23 heavy (non-hydrogen) atoms. The van der Waals surface area contributed by atoms with Gasteiger partial charge in [-0.15, -0.1) is 0 Å². The van der Waals surface area contributed by atoms with E-state index in [1.807, 2.05) is 52.8 Å². The fourth-order valence-electron chi connectivity index (χ4n) is 2.56. The molecular formula is C18H28N2O3. The quantitative estimate of drug-likeness (QED) is 0.892. The molecule has 1 aliphatic rings. The first-order valence-corrected chi connectivity index (χ1v) is 8.13. The Morgan fingerprint density at radius 3 is 2.65 bits per heavy atom. The molecule has 5 heteroatoms. The molecule has 1 unspecified atom stereocenters. The average Bonchev–Trinajstić information content (AvgIpc) is 2.42. The van der Waals surface area contributed by atoms with E-state index in [0.717, 1.165) is 12.2 Å². The molecular weight excluding hydrogens is 292 g/mol. The van der Waals surface area contributed by atoms with Crippen molar-refractivity contribution in [2.24, 2.45) is 0 Å². The van der Waals surface area contributed by atoms with E-state index in [0.29, 0.717) is 13.2 Å². The molecule has 0 radical (unpaired) electrons. The number of fused-ring (bicyclic) bond motifs is 1. The van der Waals surface area contributed by atoms with Gasteiger partial charge in [-0.25, -0.2) is 4.79 Å². The Bertz CT molecular complexity index is 549. The third kappa shape index (κ3) is 5.43. The van der Waals surface area contributed by atoms with E-state index in [2.05, 4.69) is 16.7 Å². The molecule has 0 bridgehead atoms. The molecule has 2 N–H and O–H groups in total. The molecule has 2 rings (SSSR count). The van der Waals surface area contributed by atoms with Crippen LogP contribution in [0.3, 0.4) is 0 Å². The number of nitrogens with one attached hydrogen (secondary N) is 2. The van der Waals surface area contributed by atoms with Crippen molar-refractivity contribution in [1.82, 2.24) is 10.6 Å². The molecule has 1 aromatic rings. The Morgan fingerprint density at radius 2 is 1.96 bits per heavy atom. The first-order valence-electron chi connectivity index (χ1n) is 8.13. The lowest BCUT2D eigenvalue weighted by molar-refractivity contribution is 0.0469. The van der Waals surface area contributed by atoms with Gasteiger partial charge in [0, 0.05) is 24.6 Å². The van der Waals surface area contributed by atoms with Crippen LogP contribution >= 0.6 is 0 Å². The molecule has 0 saturated heterocycles. The zero-order chi connectivity index (χ0) is 17.1. The highest BCUT2D eigenvalue weighted by Crippen LogP contribution is 2.31. The normalized spacial score (nSPS) is 17.9. The standard InChI is InChI=1S/C18H28N2O3/c1-17(2,3)23-16(21)20-18(4,5)12-19-14-10-11-22-15-9-7-6-8-13(14)15/h6-9,14,19H,10-12H2,1-5H3,(H,20,21). The number of carbonyl (C=O) groups excluding carboxylic acids is 1. The van der Waals surface area contributed by atoms with Crippen molar-refractivity contribution in [3.8, 4) is 5.75 Å². The second-order valence-corrected chi connectivity index (χ2v) is 7.62. The van der Waals surface area contributed by atoms with E-state index in [1.165, 1.54) is 5.56 Å². The molecule has 1 amide bonds. The van der Waals surface area contributed by atoms with Crippen LogP contribution in [0.1, 0.15) is 52.6 Å². The molecule has 1 aliphatic heterocycles. The fraction of sp³-hybridized carbons (Fsp3) is 0.611. The van der Waals surface area contributed by atoms with Crippen molar-refractivity contribution in [1.29, 1.82) is 0 Å². The lowest BCUT2D eigenvalue weighted by Crippen LogP contribution is -2.52. The van der Waals surface area contributed by atoms with Gasteiger partial charge in [0.05, 0.1) is 12.1 Å². The molecule has 1 heterocycles. The van der Waals surface area contributed by atoms with E-state index in [-0.39, 0.29) is 6.04 Å². The zero-order valence-corrected chi connectivity index (χ0v) is 14.7. The van der Waals surface area contributed by atoms with Crippen molar-refractivity contribution < 1.29 is 14.3 Å². The second-order valence-electron chi connectivity index (χ2n) is 7.62. The van der Waals surface area contributed by atoms with Gasteiger partial charge in [0.25, 0.3) is 0 Å².